The molecule has 1 atom stereocenters. The number of fused-ring (bicyclic) bond motifs is 2. The predicted octanol–water partition coefficient (Wildman–Crippen LogP) is 2.81. The molecule has 8 heteroatoms. The standard InChI is InChI=1S/C22H16ClN3O4/c23-13-2-4-17-15(8-13)16(9-24-17)20(28)11-1-3-14-12(7-11)10-26(22(14)30)18-5-6-19(27)25-21(18)29/h1-4,7-9,18,24H,5-6,10H2,(H,25,27,29). The van der Waals surface area contributed by atoms with E-state index in [-0.39, 0.29) is 30.6 Å². The SMILES string of the molecule is O=C1CCC(N2Cc3cc(C(=O)c4c[nH]c5ccc(Cl)cc45)ccc3C2=O)C(=O)N1. The van der Waals surface area contributed by atoms with Gasteiger partial charge in [-0.2, -0.15) is 0 Å². The fraction of sp³-hybridized carbons (Fsp3) is 0.182. The van der Waals surface area contributed by atoms with Crippen molar-refractivity contribution in [3.63, 3.8) is 0 Å². The molecular formula is C22H16ClN3O4. The van der Waals surface area contributed by atoms with E-state index in [0.29, 0.717) is 33.7 Å². The van der Waals surface area contributed by atoms with Gasteiger partial charge in [-0.25, -0.2) is 0 Å². The van der Waals surface area contributed by atoms with Crippen LogP contribution < -0.4 is 5.32 Å². The number of aromatic nitrogens is 1. The van der Waals surface area contributed by atoms with E-state index in [1.165, 1.54) is 4.90 Å². The second-order valence-electron chi connectivity index (χ2n) is 7.49. The minimum Gasteiger partial charge on any atom is -0.360 e. The summed E-state index contributed by atoms with van der Waals surface area (Å²) in [5.41, 5.74) is 2.92. The minimum absolute atomic E-state index is 0.182. The molecule has 1 aromatic heterocycles. The molecule has 1 fully saturated rings. The predicted molar refractivity (Wildman–Crippen MR) is 109 cm³/mol. The van der Waals surface area contributed by atoms with Gasteiger partial charge in [0.2, 0.25) is 11.8 Å². The lowest BCUT2D eigenvalue weighted by atomic mass is 9.99. The molecule has 2 N–H and O–H groups in total. The molecule has 5 rings (SSSR count). The first-order valence-corrected chi connectivity index (χ1v) is 9.89. The summed E-state index contributed by atoms with van der Waals surface area (Å²) in [4.78, 5) is 54.0. The Kier molecular flexibility index (Phi) is 4.22. The summed E-state index contributed by atoms with van der Waals surface area (Å²) < 4.78 is 0. The summed E-state index contributed by atoms with van der Waals surface area (Å²) >= 11 is 6.08. The van der Waals surface area contributed by atoms with Crippen molar-refractivity contribution in [2.45, 2.75) is 25.4 Å². The van der Waals surface area contributed by atoms with Crippen molar-refractivity contribution in [2.75, 3.05) is 0 Å². The first-order valence-electron chi connectivity index (χ1n) is 9.51. The number of nitrogens with one attached hydrogen (secondary N) is 2. The van der Waals surface area contributed by atoms with Crippen LogP contribution in [0.1, 0.15) is 44.7 Å². The van der Waals surface area contributed by atoms with Crippen LogP contribution in [0.3, 0.4) is 0 Å². The van der Waals surface area contributed by atoms with Gasteiger partial charge in [-0.3, -0.25) is 24.5 Å². The molecular weight excluding hydrogens is 406 g/mol. The van der Waals surface area contributed by atoms with E-state index >= 15 is 0 Å². The number of ketones is 1. The maximum atomic E-state index is 13.1. The Morgan fingerprint density at radius 3 is 2.73 bits per heavy atom. The molecule has 150 valence electrons. The van der Waals surface area contributed by atoms with Crippen molar-refractivity contribution in [2.24, 2.45) is 0 Å². The molecule has 3 heterocycles. The molecule has 1 unspecified atom stereocenters. The van der Waals surface area contributed by atoms with Gasteiger partial charge in [-0.15, -0.1) is 0 Å². The Labute approximate surface area is 176 Å². The third-order valence-electron chi connectivity index (χ3n) is 5.67. The van der Waals surface area contributed by atoms with E-state index in [0.717, 1.165) is 10.9 Å². The number of nitrogens with zero attached hydrogens (tertiary/aromatic N) is 1. The second kappa shape index (κ2) is 6.81. The zero-order valence-corrected chi connectivity index (χ0v) is 16.5. The molecule has 0 bridgehead atoms. The molecule has 30 heavy (non-hydrogen) atoms. The lowest BCUT2D eigenvalue weighted by Gasteiger charge is -2.29. The number of carbonyl (C=O) groups excluding carboxylic acids is 4. The summed E-state index contributed by atoms with van der Waals surface area (Å²) in [6.07, 6.45) is 2.15. The largest absolute Gasteiger partial charge is 0.360 e. The summed E-state index contributed by atoms with van der Waals surface area (Å²) in [5, 5.41) is 3.55. The quantitative estimate of drug-likeness (QED) is 0.501. The Morgan fingerprint density at radius 2 is 1.93 bits per heavy atom. The number of carbonyl (C=O) groups is 4. The van der Waals surface area contributed by atoms with Gasteiger partial charge in [0.15, 0.2) is 5.78 Å². The number of rotatable bonds is 3. The number of hydrogen-bond acceptors (Lipinski definition) is 4. The smallest absolute Gasteiger partial charge is 0.255 e. The van der Waals surface area contributed by atoms with Crippen LogP contribution in [0.25, 0.3) is 10.9 Å². The number of imide groups is 1. The van der Waals surface area contributed by atoms with Crippen LogP contribution in [0.15, 0.2) is 42.6 Å². The summed E-state index contributed by atoms with van der Waals surface area (Å²) in [6.45, 7) is 0.223. The molecule has 2 aliphatic rings. The molecule has 7 nitrogen and oxygen atoms in total. The second-order valence-corrected chi connectivity index (χ2v) is 7.93. The van der Waals surface area contributed by atoms with E-state index in [4.69, 9.17) is 11.6 Å². The van der Waals surface area contributed by atoms with Crippen molar-refractivity contribution in [1.29, 1.82) is 0 Å². The van der Waals surface area contributed by atoms with Crippen LogP contribution in [0, 0.1) is 0 Å². The lowest BCUT2D eigenvalue weighted by molar-refractivity contribution is -0.136. The van der Waals surface area contributed by atoms with Gasteiger partial charge in [0.05, 0.1) is 0 Å². The number of amides is 3. The van der Waals surface area contributed by atoms with Crippen LogP contribution >= 0.6 is 11.6 Å². The highest BCUT2D eigenvalue weighted by atomic mass is 35.5. The van der Waals surface area contributed by atoms with Gasteiger partial charge in [-0.1, -0.05) is 17.7 Å². The molecule has 0 aliphatic carbocycles. The van der Waals surface area contributed by atoms with Crippen LogP contribution in [0.4, 0.5) is 0 Å². The number of piperidine rings is 1. The van der Waals surface area contributed by atoms with E-state index < -0.39 is 11.9 Å². The maximum Gasteiger partial charge on any atom is 0.255 e. The number of H-pyrrole nitrogens is 1. The molecule has 0 radical (unpaired) electrons. The van der Waals surface area contributed by atoms with Crippen molar-refractivity contribution >= 4 is 46.0 Å². The maximum absolute atomic E-state index is 13.1. The Morgan fingerprint density at radius 1 is 1.10 bits per heavy atom. The highest BCUT2D eigenvalue weighted by Crippen LogP contribution is 2.30. The monoisotopic (exact) mass is 421 g/mol. The number of halogens is 1. The zero-order chi connectivity index (χ0) is 21.0. The minimum atomic E-state index is -0.683. The van der Waals surface area contributed by atoms with Crippen LogP contribution in [-0.4, -0.2) is 39.4 Å². The van der Waals surface area contributed by atoms with Gasteiger partial charge in [0.25, 0.3) is 5.91 Å². The van der Waals surface area contributed by atoms with Crippen molar-refractivity contribution in [3.05, 3.63) is 69.9 Å². The van der Waals surface area contributed by atoms with Crippen LogP contribution in [-0.2, 0) is 16.1 Å². The Balaban J connectivity index is 1.45. The molecule has 2 aliphatic heterocycles. The molecule has 3 aromatic rings. The van der Waals surface area contributed by atoms with Crippen molar-refractivity contribution in [1.82, 2.24) is 15.2 Å². The molecule has 0 spiro atoms. The first-order chi connectivity index (χ1) is 14.4. The van der Waals surface area contributed by atoms with E-state index in [1.807, 2.05) is 6.07 Å². The van der Waals surface area contributed by atoms with E-state index in [2.05, 4.69) is 10.3 Å². The highest BCUT2D eigenvalue weighted by Gasteiger charge is 2.39. The van der Waals surface area contributed by atoms with E-state index in [9.17, 15) is 19.2 Å². The molecule has 3 amide bonds. The number of aromatic amines is 1. The normalized spacial score (nSPS) is 18.6. The molecule has 1 saturated heterocycles. The summed E-state index contributed by atoms with van der Waals surface area (Å²) in [7, 11) is 0. The van der Waals surface area contributed by atoms with Gasteiger partial charge >= 0.3 is 0 Å². The van der Waals surface area contributed by atoms with Crippen molar-refractivity contribution < 1.29 is 19.2 Å². The van der Waals surface area contributed by atoms with Crippen molar-refractivity contribution in [3.8, 4) is 0 Å². The summed E-state index contributed by atoms with van der Waals surface area (Å²) in [6, 6.07) is 9.56. The molecule has 0 saturated carbocycles. The topological polar surface area (TPSA) is 99.3 Å². The lowest BCUT2D eigenvalue weighted by Crippen LogP contribution is -2.52. The zero-order valence-electron chi connectivity index (χ0n) is 15.7. The molecule has 2 aromatic carbocycles. The van der Waals surface area contributed by atoms with Crippen LogP contribution in [0.2, 0.25) is 5.02 Å². The third kappa shape index (κ3) is 2.90. The number of benzene rings is 2. The summed E-state index contributed by atoms with van der Waals surface area (Å²) in [5.74, 6) is -1.23. The fourth-order valence-corrected chi connectivity index (χ4v) is 4.32. The van der Waals surface area contributed by atoms with Gasteiger partial charge in [0, 0.05) is 51.8 Å². The Bertz CT molecular complexity index is 1260. The van der Waals surface area contributed by atoms with E-state index in [1.54, 1.807) is 36.5 Å². The highest BCUT2D eigenvalue weighted by molar-refractivity contribution is 6.31. The van der Waals surface area contributed by atoms with Crippen LogP contribution in [0.5, 0.6) is 0 Å². The number of hydrogen-bond donors (Lipinski definition) is 2. The third-order valence-corrected chi connectivity index (χ3v) is 5.91. The van der Waals surface area contributed by atoms with Gasteiger partial charge in [-0.05, 0) is 42.3 Å². The average Bonchev–Trinajstić information content (AvgIpc) is 3.28. The fourth-order valence-electron chi connectivity index (χ4n) is 4.15. The average molecular weight is 422 g/mol. The first kappa shape index (κ1) is 18.6. The Hall–Kier alpha value is -3.45. The van der Waals surface area contributed by atoms with Gasteiger partial charge in [0.1, 0.15) is 6.04 Å². The van der Waals surface area contributed by atoms with Gasteiger partial charge < -0.3 is 9.88 Å².